The molecule has 0 amide bonds. The molecule has 2 aromatic carbocycles. The zero-order chi connectivity index (χ0) is 11.6. The molecule has 0 aliphatic heterocycles. The summed E-state index contributed by atoms with van der Waals surface area (Å²) in [6.07, 6.45) is 4.97. The van der Waals surface area contributed by atoms with E-state index < -0.39 is 0 Å². The third kappa shape index (κ3) is 7.40. The SMILES string of the molecule is CCC[c-]1cccc1.CCC[c-]1cccc1.[Mg+2]. The minimum absolute atomic E-state index is 0. The summed E-state index contributed by atoms with van der Waals surface area (Å²) >= 11 is 0. The van der Waals surface area contributed by atoms with E-state index in [-0.39, 0.29) is 23.1 Å². The summed E-state index contributed by atoms with van der Waals surface area (Å²) in [4.78, 5) is 0. The third-order valence-corrected chi connectivity index (χ3v) is 2.54. The van der Waals surface area contributed by atoms with Crippen molar-refractivity contribution in [2.75, 3.05) is 0 Å². The van der Waals surface area contributed by atoms with E-state index in [1.165, 1.54) is 36.8 Å². The molecule has 0 radical (unpaired) electrons. The van der Waals surface area contributed by atoms with Crippen LogP contribution in [0.1, 0.15) is 37.8 Å². The summed E-state index contributed by atoms with van der Waals surface area (Å²) in [6, 6.07) is 17.0. The molecule has 0 bridgehead atoms. The number of hydrogen-bond acceptors (Lipinski definition) is 0. The monoisotopic (exact) mass is 238 g/mol. The van der Waals surface area contributed by atoms with Crippen LogP contribution in [0.4, 0.5) is 0 Å². The van der Waals surface area contributed by atoms with Crippen molar-refractivity contribution in [3.8, 4) is 0 Å². The zero-order valence-electron chi connectivity index (χ0n) is 11.2. The van der Waals surface area contributed by atoms with Gasteiger partial charge in [0.2, 0.25) is 0 Å². The van der Waals surface area contributed by atoms with Gasteiger partial charge in [-0.1, -0.05) is 39.5 Å². The molecule has 0 unspecified atom stereocenters. The Morgan fingerprint density at radius 1 is 0.647 bits per heavy atom. The summed E-state index contributed by atoms with van der Waals surface area (Å²) in [5, 5.41) is 0. The van der Waals surface area contributed by atoms with Crippen molar-refractivity contribution in [1.82, 2.24) is 0 Å². The van der Waals surface area contributed by atoms with Gasteiger partial charge >= 0.3 is 23.1 Å². The second kappa shape index (κ2) is 10.6. The van der Waals surface area contributed by atoms with Gasteiger partial charge in [-0.3, -0.25) is 0 Å². The van der Waals surface area contributed by atoms with Crippen LogP contribution >= 0.6 is 0 Å². The fraction of sp³-hybridized carbons (Fsp3) is 0.375. The van der Waals surface area contributed by atoms with E-state index in [1.54, 1.807) is 0 Å². The van der Waals surface area contributed by atoms with Gasteiger partial charge in [0.25, 0.3) is 0 Å². The Morgan fingerprint density at radius 2 is 0.941 bits per heavy atom. The van der Waals surface area contributed by atoms with Crippen molar-refractivity contribution in [2.24, 2.45) is 0 Å². The summed E-state index contributed by atoms with van der Waals surface area (Å²) in [6.45, 7) is 4.40. The van der Waals surface area contributed by atoms with Gasteiger partial charge in [-0.2, -0.15) is 35.4 Å². The normalized spacial score (nSPS) is 9.06. The van der Waals surface area contributed by atoms with Gasteiger partial charge in [0.15, 0.2) is 0 Å². The molecule has 2 aromatic rings. The summed E-state index contributed by atoms with van der Waals surface area (Å²) in [5.41, 5.74) is 2.93. The summed E-state index contributed by atoms with van der Waals surface area (Å²) in [7, 11) is 0. The molecule has 0 fully saturated rings. The van der Waals surface area contributed by atoms with Crippen molar-refractivity contribution in [3.05, 3.63) is 59.7 Å². The Morgan fingerprint density at radius 3 is 1.18 bits per heavy atom. The van der Waals surface area contributed by atoms with Crippen LogP contribution in [0.25, 0.3) is 0 Å². The molecule has 0 aliphatic carbocycles. The van der Waals surface area contributed by atoms with Crippen LogP contribution in [0.2, 0.25) is 0 Å². The second-order valence-corrected chi connectivity index (χ2v) is 4.09. The van der Waals surface area contributed by atoms with Gasteiger partial charge in [0.1, 0.15) is 0 Å². The van der Waals surface area contributed by atoms with Gasteiger partial charge in [0.05, 0.1) is 0 Å². The maximum absolute atomic E-state index is 2.20. The van der Waals surface area contributed by atoms with Crippen LogP contribution in [0, 0.1) is 0 Å². The number of hydrogen-bond donors (Lipinski definition) is 0. The van der Waals surface area contributed by atoms with Gasteiger partial charge in [0, 0.05) is 0 Å². The Balaban J connectivity index is 0.000000284. The fourth-order valence-corrected chi connectivity index (χ4v) is 1.74. The Hall–Kier alpha value is -0.534. The smallest absolute Gasteiger partial charge is 0.213 e. The van der Waals surface area contributed by atoms with Gasteiger partial charge < -0.3 is 0 Å². The summed E-state index contributed by atoms with van der Waals surface area (Å²) < 4.78 is 0. The molecule has 2 rings (SSSR count). The van der Waals surface area contributed by atoms with Crippen molar-refractivity contribution < 1.29 is 0 Å². The summed E-state index contributed by atoms with van der Waals surface area (Å²) in [5.74, 6) is 0. The van der Waals surface area contributed by atoms with Gasteiger partial charge in [-0.05, 0) is 0 Å². The second-order valence-electron chi connectivity index (χ2n) is 4.09. The first-order valence-corrected chi connectivity index (χ1v) is 6.28. The van der Waals surface area contributed by atoms with Crippen LogP contribution in [0.5, 0.6) is 0 Å². The van der Waals surface area contributed by atoms with Gasteiger partial charge in [-0.15, -0.1) is 0 Å². The molecule has 0 aromatic heterocycles. The van der Waals surface area contributed by atoms with Crippen molar-refractivity contribution >= 4 is 23.1 Å². The average Bonchev–Trinajstić information content (AvgIpc) is 2.92. The molecule has 0 saturated carbocycles. The van der Waals surface area contributed by atoms with Crippen LogP contribution < -0.4 is 0 Å². The minimum atomic E-state index is 0. The van der Waals surface area contributed by atoms with Gasteiger partial charge in [-0.25, -0.2) is 24.3 Å². The third-order valence-electron chi connectivity index (χ3n) is 2.54. The van der Waals surface area contributed by atoms with E-state index in [0.717, 1.165) is 0 Å². The standard InChI is InChI=1S/2C8H11.Mg/c2*1-2-5-8-6-3-4-7-8;/h2*3-4,6-7H,2,5H2,1H3;/q2*-1;+2. The topological polar surface area (TPSA) is 0 Å². The fourth-order valence-electron chi connectivity index (χ4n) is 1.74. The van der Waals surface area contributed by atoms with Crippen LogP contribution in [-0.2, 0) is 12.8 Å². The first-order chi connectivity index (χ1) is 7.86. The molecule has 0 nitrogen and oxygen atoms in total. The van der Waals surface area contributed by atoms with Crippen molar-refractivity contribution in [3.63, 3.8) is 0 Å². The van der Waals surface area contributed by atoms with Crippen LogP contribution in [0.3, 0.4) is 0 Å². The quantitative estimate of drug-likeness (QED) is 0.549. The molecule has 88 valence electrons. The molecule has 17 heavy (non-hydrogen) atoms. The predicted octanol–water partition coefficient (Wildman–Crippen LogP) is 4.34. The molecule has 0 heterocycles. The number of aryl methyl sites for hydroxylation is 2. The number of rotatable bonds is 4. The maximum atomic E-state index is 2.20. The molecule has 0 aliphatic rings. The molecule has 0 N–H and O–H groups in total. The zero-order valence-corrected chi connectivity index (χ0v) is 12.6. The molecular formula is C16H22Mg. The van der Waals surface area contributed by atoms with E-state index in [9.17, 15) is 0 Å². The van der Waals surface area contributed by atoms with Crippen molar-refractivity contribution in [1.29, 1.82) is 0 Å². The van der Waals surface area contributed by atoms with Crippen LogP contribution in [0.15, 0.2) is 48.5 Å². The first-order valence-electron chi connectivity index (χ1n) is 6.28. The molecule has 0 spiro atoms. The maximum Gasteiger partial charge on any atom is 2.00 e. The largest absolute Gasteiger partial charge is 2.00 e. The molecular weight excluding hydrogens is 216 g/mol. The molecule has 0 atom stereocenters. The van der Waals surface area contributed by atoms with E-state index in [1.807, 2.05) is 0 Å². The molecule has 1 heteroatoms. The molecule has 0 saturated heterocycles. The predicted molar refractivity (Wildman–Crippen MR) is 77.8 cm³/mol. The van der Waals surface area contributed by atoms with E-state index in [0.29, 0.717) is 0 Å². The minimum Gasteiger partial charge on any atom is -0.213 e. The van der Waals surface area contributed by atoms with Crippen molar-refractivity contribution in [2.45, 2.75) is 39.5 Å². The Labute approximate surface area is 122 Å². The van der Waals surface area contributed by atoms with E-state index in [2.05, 4.69) is 62.4 Å². The van der Waals surface area contributed by atoms with E-state index in [4.69, 9.17) is 0 Å². The average molecular weight is 239 g/mol. The van der Waals surface area contributed by atoms with Crippen LogP contribution in [-0.4, -0.2) is 23.1 Å². The Kier molecular flexibility index (Phi) is 10.3. The van der Waals surface area contributed by atoms with E-state index >= 15 is 0 Å². The first kappa shape index (κ1) is 16.5. The Bertz CT molecular complexity index is 293.